The van der Waals surface area contributed by atoms with Crippen LogP contribution in [0.2, 0.25) is 0 Å². The SMILES string of the molecule is CC(C)CCOCCOC(=O)c1ccc(-n2cncn2)c([N+](=O)[O-])c1. The van der Waals surface area contributed by atoms with Crippen molar-refractivity contribution in [1.29, 1.82) is 0 Å². The third-order valence-corrected chi connectivity index (χ3v) is 3.37. The molecule has 134 valence electrons. The Labute approximate surface area is 144 Å². The van der Waals surface area contributed by atoms with Crippen LogP contribution in [0, 0.1) is 16.0 Å². The van der Waals surface area contributed by atoms with Gasteiger partial charge in [-0.05, 0) is 24.5 Å². The summed E-state index contributed by atoms with van der Waals surface area (Å²) in [5.41, 5.74) is 0.0574. The number of carbonyl (C=O) groups excluding carboxylic acids is 1. The number of esters is 1. The van der Waals surface area contributed by atoms with Crippen molar-refractivity contribution in [3.05, 3.63) is 46.5 Å². The van der Waals surface area contributed by atoms with Crippen molar-refractivity contribution in [2.75, 3.05) is 19.8 Å². The van der Waals surface area contributed by atoms with E-state index in [1.165, 1.54) is 35.5 Å². The third kappa shape index (κ3) is 5.35. The van der Waals surface area contributed by atoms with Gasteiger partial charge in [-0.15, -0.1) is 0 Å². The van der Waals surface area contributed by atoms with Gasteiger partial charge < -0.3 is 9.47 Å². The molecule has 0 saturated carbocycles. The lowest BCUT2D eigenvalue weighted by Crippen LogP contribution is -2.12. The van der Waals surface area contributed by atoms with E-state index in [0.717, 1.165) is 6.42 Å². The number of aromatic nitrogens is 3. The fourth-order valence-electron chi connectivity index (χ4n) is 2.02. The molecule has 0 radical (unpaired) electrons. The molecule has 0 fully saturated rings. The first-order valence-electron chi connectivity index (χ1n) is 7.87. The maximum Gasteiger partial charge on any atom is 0.338 e. The first kappa shape index (κ1) is 18.5. The Kier molecular flexibility index (Phi) is 6.58. The van der Waals surface area contributed by atoms with Crippen LogP contribution < -0.4 is 0 Å². The number of carbonyl (C=O) groups is 1. The summed E-state index contributed by atoms with van der Waals surface area (Å²) in [6.45, 7) is 5.18. The Hall–Kier alpha value is -2.81. The van der Waals surface area contributed by atoms with E-state index in [2.05, 4.69) is 23.9 Å². The number of ether oxygens (including phenoxy) is 2. The van der Waals surface area contributed by atoms with Crippen molar-refractivity contribution < 1.29 is 19.2 Å². The topological polar surface area (TPSA) is 109 Å². The van der Waals surface area contributed by atoms with Crippen LogP contribution in [0.4, 0.5) is 5.69 Å². The Morgan fingerprint density at radius 2 is 2.12 bits per heavy atom. The van der Waals surface area contributed by atoms with Crippen LogP contribution >= 0.6 is 0 Å². The highest BCUT2D eigenvalue weighted by atomic mass is 16.6. The van der Waals surface area contributed by atoms with Crippen LogP contribution in [0.25, 0.3) is 5.69 Å². The molecule has 9 heteroatoms. The highest BCUT2D eigenvalue weighted by Crippen LogP contribution is 2.23. The molecule has 25 heavy (non-hydrogen) atoms. The summed E-state index contributed by atoms with van der Waals surface area (Å²) in [6, 6.07) is 4.05. The first-order chi connectivity index (χ1) is 12.0. The summed E-state index contributed by atoms with van der Waals surface area (Å²) in [5.74, 6) is -0.0905. The van der Waals surface area contributed by atoms with E-state index in [1.807, 2.05) is 0 Å². The van der Waals surface area contributed by atoms with E-state index in [4.69, 9.17) is 9.47 Å². The average molecular weight is 348 g/mol. The largest absolute Gasteiger partial charge is 0.460 e. The average Bonchev–Trinajstić information content (AvgIpc) is 3.11. The summed E-state index contributed by atoms with van der Waals surface area (Å²) in [6.07, 6.45) is 3.55. The Morgan fingerprint density at radius 3 is 2.76 bits per heavy atom. The second-order valence-electron chi connectivity index (χ2n) is 5.73. The van der Waals surface area contributed by atoms with Crippen molar-refractivity contribution in [3.63, 3.8) is 0 Å². The molecule has 0 unspecified atom stereocenters. The summed E-state index contributed by atoms with van der Waals surface area (Å²) in [4.78, 5) is 26.4. The molecule has 1 aromatic carbocycles. The third-order valence-electron chi connectivity index (χ3n) is 3.37. The molecule has 0 atom stereocenters. The second kappa shape index (κ2) is 8.88. The maximum absolute atomic E-state index is 12.0. The Bertz CT molecular complexity index is 715. The molecule has 0 aliphatic rings. The first-order valence-corrected chi connectivity index (χ1v) is 7.87. The maximum atomic E-state index is 12.0. The molecule has 0 bridgehead atoms. The summed E-state index contributed by atoms with van der Waals surface area (Å²) < 4.78 is 11.7. The van der Waals surface area contributed by atoms with E-state index in [1.54, 1.807) is 0 Å². The minimum atomic E-state index is -0.638. The van der Waals surface area contributed by atoms with E-state index < -0.39 is 10.9 Å². The highest BCUT2D eigenvalue weighted by Gasteiger charge is 2.20. The van der Waals surface area contributed by atoms with E-state index in [0.29, 0.717) is 12.5 Å². The van der Waals surface area contributed by atoms with Gasteiger partial charge in [0.1, 0.15) is 24.9 Å². The number of hydrogen-bond donors (Lipinski definition) is 0. The van der Waals surface area contributed by atoms with E-state index in [9.17, 15) is 14.9 Å². The van der Waals surface area contributed by atoms with Crippen molar-refractivity contribution in [3.8, 4) is 5.69 Å². The fourth-order valence-corrected chi connectivity index (χ4v) is 2.02. The molecule has 1 aromatic heterocycles. The summed E-state index contributed by atoms with van der Waals surface area (Å²) in [5, 5.41) is 15.1. The quantitative estimate of drug-likeness (QED) is 0.296. The van der Waals surface area contributed by atoms with Gasteiger partial charge in [0.05, 0.1) is 17.1 Å². The number of rotatable bonds is 9. The van der Waals surface area contributed by atoms with Gasteiger partial charge in [-0.2, -0.15) is 5.10 Å². The standard InChI is InChI=1S/C16H20N4O5/c1-12(2)5-6-24-7-8-25-16(21)13-3-4-14(15(9-13)20(22)23)19-11-17-10-18-19/h3-4,9-12H,5-8H2,1-2H3. The molecule has 1 heterocycles. The van der Waals surface area contributed by atoms with Crippen molar-refractivity contribution in [2.45, 2.75) is 20.3 Å². The molecule has 0 aliphatic heterocycles. The minimum Gasteiger partial charge on any atom is -0.460 e. The van der Waals surface area contributed by atoms with Crippen LogP contribution in [0.5, 0.6) is 0 Å². The van der Waals surface area contributed by atoms with Crippen LogP contribution in [0.1, 0.15) is 30.6 Å². The number of hydrogen-bond acceptors (Lipinski definition) is 7. The number of nitrogens with zero attached hydrogens (tertiary/aromatic N) is 4. The lowest BCUT2D eigenvalue weighted by atomic mass is 10.1. The predicted octanol–water partition coefficient (Wildman–Crippen LogP) is 2.40. The fraction of sp³-hybridized carbons (Fsp3) is 0.438. The van der Waals surface area contributed by atoms with Crippen molar-refractivity contribution in [2.24, 2.45) is 5.92 Å². The summed E-state index contributed by atoms with van der Waals surface area (Å²) in [7, 11) is 0. The normalized spacial score (nSPS) is 10.8. The van der Waals surface area contributed by atoms with Gasteiger partial charge in [-0.25, -0.2) is 14.5 Å². The number of nitro benzene ring substituents is 1. The monoisotopic (exact) mass is 348 g/mol. The number of benzene rings is 1. The lowest BCUT2D eigenvalue weighted by molar-refractivity contribution is -0.384. The molecule has 0 aliphatic carbocycles. The molecular formula is C16H20N4O5. The smallest absolute Gasteiger partial charge is 0.338 e. The van der Waals surface area contributed by atoms with Gasteiger partial charge in [0, 0.05) is 12.7 Å². The van der Waals surface area contributed by atoms with E-state index in [-0.39, 0.29) is 30.2 Å². The van der Waals surface area contributed by atoms with Gasteiger partial charge in [0.15, 0.2) is 0 Å². The van der Waals surface area contributed by atoms with Crippen molar-refractivity contribution in [1.82, 2.24) is 14.8 Å². The Morgan fingerprint density at radius 1 is 1.32 bits per heavy atom. The lowest BCUT2D eigenvalue weighted by Gasteiger charge is -2.08. The van der Waals surface area contributed by atoms with Crippen LogP contribution in [-0.4, -0.2) is 45.5 Å². The van der Waals surface area contributed by atoms with Gasteiger partial charge >= 0.3 is 5.97 Å². The molecule has 9 nitrogen and oxygen atoms in total. The van der Waals surface area contributed by atoms with Crippen LogP contribution in [0.3, 0.4) is 0 Å². The van der Waals surface area contributed by atoms with Gasteiger partial charge in [-0.1, -0.05) is 13.8 Å². The van der Waals surface area contributed by atoms with Gasteiger partial charge in [-0.3, -0.25) is 10.1 Å². The number of nitro groups is 1. The molecule has 2 rings (SSSR count). The second-order valence-corrected chi connectivity index (χ2v) is 5.73. The molecule has 0 saturated heterocycles. The van der Waals surface area contributed by atoms with Crippen molar-refractivity contribution >= 4 is 11.7 Å². The molecule has 0 N–H and O–H groups in total. The minimum absolute atomic E-state index is 0.0928. The summed E-state index contributed by atoms with van der Waals surface area (Å²) >= 11 is 0. The highest BCUT2D eigenvalue weighted by molar-refractivity contribution is 5.90. The molecule has 2 aromatic rings. The van der Waals surface area contributed by atoms with E-state index >= 15 is 0 Å². The molecular weight excluding hydrogens is 328 g/mol. The van der Waals surface area contributed by atoms with Crippen LogP contribution in [-0.2, 0) is 9.47 Å². The Balaban J connectivity index is 1.96. The predicted molar refractivity (Wildman–Crippen MR) is 88.6 cm³/mol. The zero-order valence-corrected chi connectivity index (χ0v) is 14.1. The molecule has 0 spiro atoms. The van der Waals surface area contributed by atoms with Crippen LogP contribution in [0.15, 0.2) is 30.9 Å². The zero-order valence-electron chi connectivity index (χ0n) is 14.1. The zero-order chi connectivity index (χ0) is 18.2. The molecule has 0 amide bonds. The van der Waals surface area contributed by atoms with Gasteiger partial charge in [0.25, 0.3) is 5.69 Å². The van der Waals surface area contributed by atoms with Gasteiger partial charge in [0.2, 0.25) is 0 Å².